The maximum atomic E-state index is 3.74. The zero-order valence-corrected chi connectivity index (χ0v) is 11.7. The Morgan fingerprint density at radius 3 is 1.06 bits per heavy atom. The molecule has 0 aliphatic rings. The maximum absolute atomic E-state index is 3.74. The molecule has 0 aromatic carbocycles. The summed E-state index contributed by atoms with van der Waals surface area (Å²) in [5, 5.41) is 0. The van der Waals surface area contributed by atoms with E-state index < -0.39 is 0 Å². The average Bonchev–Trinajstić information content (AvgIpc) is 2.41. The standard InChI is InChI=1S/C16H28N2/c1-5-17(6-2)15-13-11-9-10-12-14-16-18(7-3)8-4/h5-8H,1-4,9-16H2. The third-order valence-corrected chi connectivity index (χ3v) is 3.02. The molecular weight excluding hydrogens is 220 g/mol. The van der Waals surface area contributed by atoms with Gasteiger partial charge in [0, 0.05) is 13.1 Å². The number of rotatable bonds is 13. The molecule has 0 aromatic heterocycles. The number of unbranched alkanes of at least 4 members (excludes halogenated alkanes) is 5. The van der Waals surface area contributed by atoms with Crippen LogP contribution in [0.1, 0.15) is 38.5 Å². The largest absolute Gasteiger partial charge is 0.355 e. The van der Waals surface area contributed by atoms with Crippen molar-refractivity contribution in [3.63, 3.8) is 0 Å². The van der Waals surface area contributed by atoms with Gasteiger partial charge in [0.2, 0.25) is 0 Å². The van der Waals surface area contributed by atoms with Crippen LogP contribution < -0.4 is 0 Å². The summed E-state index contributed by atoms with van der Waals surface area (Å²) in [6.45, 7) is 17.0. The van der Waals surface area contributed by atoms with Gasteiger partial charge in [-0.2, -0.15) is 0 Å². The highest BCUT2D eigenvalue weighted by Gasteiger charge is 1.96. The third kappa shape index (κ3) is 8.68. The molecule has 0 fully saturated rings. The van der Waals surface area contributed by atoms with Crippen molar-refractivity contribution in [3.05, 3.63) is 51.1 Å². The lowest BCUT2D eigenvalue weighted by atomic mass is 10.1. The SMILES string of the molecule is C=CN(C=C)CCCCCCCCN(C=C)C=C. The Labute approximate surface area is 113 Å². The molecule has 0 aliphatic heterocycles. The van der Waals surface area contributed by atoms with Crippen molar-refractivity contribution in [1.82, 2.24) is 9.80 Å². The summed E-state index contributed by atoms with van der Waals surface area (Å²) in [5.41, 5.74) is 0. The zero-order chi connectivity index (χ0) is 13.6. The Balaban J connectivity index is 3.30. The summed E-state index contributed by atoms with van der Waals surface area (Å²) in [4.78, 5) is 4.07. The fraction of sp³-hybridized carbons (Fsp3) is 0.500. The molecule has 2 heteroatoms. The Morgan fingerprint density at radius 1 is 0.500 bits per heavy atom. The van der Waals surface area contributed by atoms with E-state index in [0.717, 1.165) is 13.1 Å². The Kier molecular flexibility index (Phi) is 11.1. The molecule has 0 bridgehead atoms. The van der Waals surface area contributed by atoms with Crippen LogP contribution in [0.5, 0.6) is 0 Å². The summed E-state index contributed by atoms with van der Waals surface area (Å²) in [7, 11) is 0. The van der Waals surface area contributed by atoms with Crippen molar-refractivity contribution < 1.29 is 0 Å². The fourth-order valence-electron chi connectivity index (χ4n) is 1.81. The van der Waals surface area contributed by atoms with Crippen LogP contribution in [-0.4, -0.2) is 22.9 Å². The summed E-state index contributed by atoms with van der Waals surface area (Å²) < 4.78 is 0. The molecule has 0 saturated heterocycles. The average molecular weight is 248 g/mol. The van der Waals surface area contributed by atoms with E-state index in [1.807, 2.05) is 34.6 Å². The van der Waals surface area contributed by atoms with E-state index in [-0.39, 0.29) is 0 Å². The molecular formula is C16H28N2. The highest BCUT2D eigenvalue weighted by Crippen LogP contribution is 2.07. The monoisotopic (exact) mass is 248 g/mol. The molecule has 18 heavy (non-hydrogen) atoms. The Morgan fingerprint density at radius 2 is 0.778 bits per heavy atom. The van der Waals surface area contributed by atoms with E-state index in [9.17, 15) is 0 Å². The lowest BCUT2D eigenvalue weighted by Gasteiger charge is -2.14. The minimum absolute atomic E-state index is 1.04. The van der Waals surface area contributed by atoms with Crippen molar-refractivity contribution in [3.8, 4) is 0 Å². The second kappa shape index (κ2) is 12.0. The molecule has 0 aromatic rings. The van der Waals surface area contributed by atoms with E-state index in [1.165, 1.54) is 38.5 Å². The molecule has 0 unspecified atom stereocenters. The summed E-state index contributed by atoms with van der Waals surface area (Å²) in [6.07, 6.45) is 14.9. The first-order chi connectivity index (χ1) is 8.78. The van der Waals surface area contributed by atoms with Crippen LogP contribution in [0.3, 0.4) is 0 Å². The number of hydrogen-bond donors (Lipinski definition) is 0. The van der Waals surface area contributed by atoms with Crippen molar-refractivity contribution in [1.29, 1.82) is 0 Å². The highest BCUT2D eigenvalue weighted by atomic mass is 15.1. The molecule has 0 atom stereocenters. The summed E-state index contributed by atoms with van der Waals surface area (Å²) >= 11 is 0. The lowest BCUT2D eigenvalue weighted by Crippen LogP contribution is -2.10. The number of hydrogen-bond acceptors (Lipinski definition) is 2. The van der Waals surface area contributed by atoms with E-state index in [4.69, 9.17) is 0 Å². The van der Waals surface area contributed by atoms with Crippen LogP contribution in [0.15, 0.2) is 51.1 Å². The molecule has 102 valence electrons. The van der Waals surface area contributed by atoms with Crippen molar-refractivity contribution in [2.45, 2.75) is 38.5 Å². The van der Waals surface area contributed by atoms with Gasteiger partial charge in [-0.05, 0) is 37.6 Å². The second-order valence-corrected chi connectivity index (χ2v) is 4.33. The van der Waals surface area contributed by atoms with Gasteiger partial charge in [0.25, 0.3) is 0 Å². The third-order valence-electron chi connectivity index (χ3n) is 3.02. The van der Waals surface area contributed by atoms with Crippen LogP contribution >= 0.6 is 0 Å². The van der Waals surface area contributed by atoms with Crippen LogP contribution in [0.25, 0.3) is 0 Å². The van der Waals surface area contributed by atoms with Crippen LogP contribution in [0, 0.1) is 0 Å². The van der Waals surface area contributed by atoms with Crippen LogP contribution in [0.4, 0.5) is 0 Å². The Hall–Kier alpha value is -1.44. The zero-order valence-electron chi connectivity index (χ0n) is 11.7. The van der Waals surface area contributed by atoms with Gasteiger partial charge in [0.05, 0.1) is 0 Å². The number of nitrogens with zero attached hydrogens (tertiary/aromatic N) is 2. The predicted molar refractivity (Wildman–Crippen MR) is 81.9 cm³/mol. The molecule has 0 heterocycles. The maximum Gasteiger partial charge on any atom is 0.0219 e. The molecule has 0 amide bonds. The van der Waals surface area contributed by atoms with Crippen LogP contribution in [-0.2, 0) is 0 Å². The molecule has 0 radical (unpaired) electrons. The van der Waals surface area contributed by atoms with Gasteiger partial charge >= 0.3 is 0 Å². The highest BCUT2D eigenvalue weighted by molar-refractivity contribution is 4.80. The minimum atomic E-state index is 1.04. The lowest BCUT2D eigenvalue weighted by molar-refractivity contribution is 0.451. The van der Waals surface area contributed by atoms with Gasteiger partial charge in [-0.15, -0.1) is 0 Å². The summed E-state index contributed by atoms with van der Waals surface area (Å²) in [5.74, 6) is 0. The van der Waals surface area contributed by atoms with Gasteiger partial charge in [-0.25, -0.2) is 0 Å². The van der Waals surface area contributed by atoms with E-state index in [0.29, 0.717) is 0 Å². The van der Waals surface area contributed by atoms with Crippen LogP contribution in [0.2, 0.25) is 0 Å². The normalized spacial score (nSPS) is 9.56. The first-order valence-electron chi connectivity index (χ1n) is 6.80. The van der Waals surface area contributed by atoms with E-state index in [2.05, 4.69) is 26.3 Å². The second-order valence-electron chi connectivity index (χ2n) is 4.33. The van der Waals surface area contributed by atoms with E-state index in [1.54, 1.807) is 0 Å². The predicted octanol–water partition coefficient (Wildman–Crippen LogP) is 4.51. The molecule has 0 aliphatic carbocycles. The van der Waals surface area contributed by atoms with Gasteiger partial charge < -0.3 is 9.80 Å². The van der Waals surface area contributed by atoms with Gasteiger partial charge in [-0.1, -0.05) is 52.0 Å². The van der Waals surface area contributed by atoms with Gasteiger partial charge in [-0.3, -0.25) is 0 Å². The topological polar surface area (TPSA) is 6.48 Å². The molecule has 0 N–H and O–H groups in total. The molecule has 0 spiro atoms. The molecule has 0 rings (SSSR count). The quantitative estimate of drug-likeness (QED) is 0.443. The smallest absolute Gasteiger partial charge is 0.0219 e. The Bertz CT molecular complexity index is 203. The minimum Gasteiger partial charge on any atom is -0.355 e. The van der Waals surface area contributed by atoms with E-state index >= 15 is 0 Å². The van der Waals surface area contributed by atoms with Crippen molar-refractivity contribution in [2.75, 3.05) is 13.1 Å². The van der Waals surface area contributed by atoms with Crippen molar-refractivity contribution >= 4 is 0 Å². The fourth-order valence-corrected chi connectivity index (χ4v) is 1.81. The molecule has 2 nitrogen and oxygen atoms in total. The first kappa shape index (κ1) is 16.6. The van der Waals surface area contributed by atoms with Crippen molar-refractivity contribution in [2.24, 2.45) is 0 Å². The van der Waals surface area contributed by atoms with Gasteiger partial charge in [0.15, 0.2) is 0 Å². The first-order valence-corrected chi connectivity index (χ1v) is 6.80. The summed E-state index contributed by atoms with van der Waals surface area (Å²) in [6, 6.07) is 0. The van der Waals surface area contributed by atoms with Gasteiger partial charge in [0.1, 0.15) is 0 Å². The molecule has 0 saturated carbocycles.